The first-order chi connectivity index (χ1) is 9.47. The summed E-state index contributed by atoms with van der Waals surface area (Å²) in [4.78, 5) is 0. The van der Waals surface area contributed by atoms with E-state index in [2.05, 4.69) is 27.7 Å². The predicted octanol–water partition coefficient (Wildman–Crippen LogP) is 5.95. The smallest absolute Gasteiger partial charge is 0.0576 e. The van der Waals surface area contributed by atoms with Crippen molar-refractivity contribution in [2.75, 3.05) is 0 Å². The Morgan fingerprint density at radius 2 is 1.55 bits per heavy atom. The Balaban J connectivity index is 2.20. The van der Waals surface area contributed by atoms with Crippen LogP contribution in [0.15, 0.2) is 0 Å². The molecule has 0 aromatic rings. The van der Waals surface area contributed by atoms with Gasteiger partial charge in [0.1, 0.15) is 0 Å². The highest BCUT2D eigenvalue weighted by molar-refractivity contribution is 4.88. The van der Waals surface area contributed by atoms with E-state index in [0.29, 0.717) is 11.3 Å². The van der Waals surface area contributed by atoms with Crippen LogP contribution in [0.4, 0.5) is 0 Å². The second-order valence-electron chi connectivity index (χ2n) is 7.95. The Morgan fingerprint density at radius 3 is 2.15 bits per heavy atom. The van der Waals surface area contributed by atoms with Gasteiger partial charge in [-0.25, -0.2) is 0 Å². The fourth-order valence-corrected chi connectivity index (χ4v) is 3.99. The average molecular weight is 283 g/mol. The van der Waals surface area contributed by atoms with Gasteiger partial charge in [-0.15, -0.1) is 0 Å². The second kappa shape index (κ2) is 9.07. The lowest BCUT2D eigenvalue weighted by molar-refractivity contribution is -0.0168. The van der Waals surface area contributed by atoms with Gasteiger partial charge in [-0.05, 0) is 36.5 Å². The van der Waals surface area contributed by atoms with Crippen molar-refractivity contribution in [1.29, 1.82) is 0 Å². The van der Waals surface area contributed by atoms with Crippen LogP contribution in [0.3, 0.4) is 0 Å². The summed E-state index contributed by atoms with van der Waals surface area (Å²) in [5, 5.41) is 10.4. The van der Waals surface area contributed by atoms with Crippen LogP contribution in [0.5, 0.6) is 0 Å². The first-order valence-corrected chi connectivity index (χ1v) is 9.15. The summed E-state index contributed by atoms with van der Waals surface area (Å²) in [6.07, 6.45) is 14.5. The van der Waals surface area contributed by atoms with Gasteiger partial charge < -0.3 is 5.11 Å². The maximum Gasteiger partial charge on any atom is 0.0576 e. The normalized spacial score (nSPS) is 27.8. The SMILES string of the molecule is CCCCCCCCCC(C)(C)C1CCC(C)CC1O. The van der Waals surface area contributed by atoms with E-state index in [0.717, 1.165) is 12.3 Å². The molecule has 20 heavy (non-hydrogen) atoms. The summed E-state index contributed by atoms with van der Waals surface area (Å²) in [6.45, 7) is 9.32. The molecule has 0 saturated heterocycles. The van der Waals surface area contributed by atoms with E-state index in [1.807, 2.05) is 0 Å². The Labute approximate surface area is 127 Å². The van der Waals surface area contributed by atoms with Gasteiger partial charge in [-0.1, -0.05) is 79.1 Å². The number of hydrogen-bond acceptors (Lipinski definition) is 1. The van der Waals surface area contributed by atoms with E-state index in [9.17, 15) is 5.11 Å². The number of hydrogen-bond donors (Lipinski definition) is 1. The molecule has 1 N–H and O–H groups in total. The highest BCUT2D eigenvalue weighted by atomic mass is 16.3. The number of aliphatic hydroxyl groups is 1. The van der Waals surface area contributed by atoms with Gasteiger partial charge in [0.25, 0.3) is 0 Å². The zero-order valence-electron chi connectivity index (χ0n) is 14.5. The molecule has 0 amide bonds. The Hall–Kier alpha value is -0.0400. The summed E-state index contributed by atoms with van der Waals surface area (Å²) in [5.41, 5.74) is 0.322. The number of aliphatic hydroxyl groups excluding tert-OH is 1. The van der Waals surface area contributed by atoms with Crippen molar-refractivity contribution in [3.05, 3.63) is 0 Å². The Bertz CT molecular complexity index is 246. The fraction of sp³-hybridized carbons (Fsp3) is 1.00. The van der Waals surface area contributed by atoms with Crippen LogP contribution in [0.1, 0.15) is 98.3 Å². The molecule has 1 nitrogen and oxygen atoms in total. The van der Waals surface area contributed by atoms with E-state index >= 15 is 0 Å². The lowest BCUT2D eigenvalue weighted by Crippen LogP contribution is -2.38. The molecular weight excluding hydrogens is 244 g/mol. The molecule has 3 unspecified atom stereocenters. The standard InChI is InChI=1S/C19H38O/c1-5-6-7-8-9-10-11-14-19(3,4)17-13-12-16(2)15-18(17)20/h16-18,20H,5-15H2,1-4H3. The minimum atomic E-state index is -0.0571. The van der Waals surface area contributed by atoms with E-state index in [1.54, 1.807) is 0 Å². The first-order valence-electron chi connectivity index (χ1n) is 9.15. The molecule has 3 atom stereocenters. The van der Waals surface area contributed by atoms with Gasteiger partial charge in [0.15, 0.2) is 0 Å². The van der Waals surface area contributed by atoms with Crippen molar-refractivity contribution in [3.8, 4) is 0 Å². The van der Waals surface area contributed by atoms with E-state index < -0.39 is 0 Å². The first kappa shape index (κ1) is 18.0. The van der Waals surface area contributed by atoms with Gasteiger partial charge in [-0.3, -0.25) is 0 Å². The third kappa shape index (κ3) is 6.16. The quantitative estimate of drug-likeness (QED) is 0.518. The lowest BCUT2D eigenvalue weighted by Gasteiger charge is -2.42. The van der Waals surface area contributed by atoms with Gasteiger partial charge >= 0.3 is 0 Å². The molecule has 0 radical (unpaired) electrons. The Kier molecular flexibility index (Phi) is 8.17. The highest BCUT2D eigenvalue weighted by Crippen LogP contribution is 2.43. The largest absolute Gasteiger partial charge is 0.393 e. The summed E-state index contributed by atoms with van der Waals surface area (Å²) in [5.74, 6) is 1.24. The van der Waals surface area contributed by atoms with E-state index in [1.165, 1.54) is 64.2 Å². The topological polar surface area (TPSA) is 20.2 Å². The molecule has 120 valence electrons. The van der Waals surface area contributed by atoms with Gasteiger partial charge in [0.05, 0.1) is 6.10 Å². The predicted molar refractivity (Wildman–Crippen MR) is 88.9 cm³/mol. The summed E-state index contributed by atoms with van der Waals surface area (Å²) >= 11 is 0. The third-order valence-corrected chi connectivity index (χ3v) is 5.51. The molecule has 1 heteroatoms. The van der Waals surface area contributed by atoms with Crippen molar-refractivity contribution in [2.24, 2.45) is 17.3 Å². The minimum absolute atomic E-state index is 0.0571. The van der Waals surface area contributed by atoms with Crippen LogP contribution < -0.4 is 0 Å². The highest BCUT2D eigenvalue weighted by Gasteiger charge is 2.37. The van der Waals surface area contributed by atoms with Crippen LogP contribution in [0, 0.1) is 17.3 Å². The molecule has 1 aliphatic carbocycles. The molecule has 0 bridgehead atoms. The summed E-state index contributed by atoms with van der Waals surface area (Å²) in [7, 11) is 0. The molecule has 0 aromatic carbocycles. The third-order valence-electron chi connectivity index (χ3n) is 5.51. The zero-order chi connectivity index (χ0) is 15.0. The van der Waals surface area contributed by atoms with Gasteiger partial charge in [0.2, 0.25) is 0 Å². The van der Waals surface area contributed by atoms with E-state index in [4.69, 9.17) is 0 Å². The Morgan fingerprint density at radius 1 is 0.950 bits per heavy atom. The summed E-state index contributed by atoms with van der Waals surface area (Å²) in [6, 6.07) is 0. The van der Waals surface area contributed by atoms with Crippen LogP contribution in [-0.2, 0) is 0 Å². The zero-order valence-corrected chi connectivity index (χ0v) is 14.5. The minimum Gasteiger partial charge on any atom is -0.393 e. The average Bonchev–Trinajstić information content (AvgIpc) is 2.37. The van der Waals surface area contributed by atoms with E-state index in [-0.39, 0.29) is 6.10 Å². The van der Waals surface area contributed by atoms with Gasteiger partial charge in [0, 0.05) is 0 Å². The van der Waals surface area contributed by atoms with Crippen molar-refractivity contribution < 1.29 is 5.11 Å². The van der Waals surface area contributed by atoms with Crippen molar-refractivity contribution in [1.82, 2.24) is 0 Å². The van der Waals surface area contributed by atoms with Crippen molar-refractivity contribution in [3.63, 3.8) is 0 Å². The second-order valence-corrected chi connectivity index (χ2v) is 7.95. The molecule has 1 rings (SSSR count). The number of unbranched alkanes of at least 4 members (excludes halogenated alkanes) is 6. The molecule has 1 saturated carbocycles. The maximum atomic E-state index is 10.4. The van der Waals surface area contributed by atoms with Crippen molar-refractivity contribution in [2.45, 2.75) is 104 Å². The summed E-state index contributed by atoms with van der Waals surface area (Å²) < 4.78 is 0. The molecule has 0 heterocycles. The maximum absolute atomic E-state index is 10.4. The molecule has 1 fully saturated rings. The molecule has 0 aliphatic heterocycles. The van der Waals surface area contributed by atoms with Crippen LogP contribution in [0.2, 0.25) is 0 Å². The number of rotatable bonds is 9. The van der Waals surface area contributed by atoms with Crippen molar-refractivity contribution >= 4 is 0 Å². The molecule has 0 spiro atoms. The fourth-order valence-electron chi connectivity index (χ4n) is 3.99. The van der Waals surface area contributed by atoms with Crippen LogP contribution in [-0.4, -0.2) is 11.2 Å². The molecule has 1 aliphatic rings. The molecule has 0 aromatic heterocycles. The molecular formula is C19H38O. The monoisotopic (exact) mass is 282 g/mol. The van der Waals surface area contributed by atoms with Crippen LogP contribution in [0.25, 0.3) is 0 Å². The van der Waals surface area contributed by atoms with Gasteiger partial charge in [-0.2, -0.15) is 0 Å². The van der Waals surface area contributed by atoms with Crippen LogP contribution >= 0.6 is 0 Å². The lowest BCUT2D eigenvalue weighted by atomic mass is 9.65.